The monoisotopic (exact) mass is 493 g/mol. The summed E-state index contributed by atoms with van der Waals surface area (Å²) in [6.07, 6.45) is 10.2. The van der Waals surface area contributed by atoms with Crippen LogP contribution in [-0.4, -0.2) is 45.5 Å². The van der Waals surface area contributed by atoms with Gasteiger partial charge in [0.1, 0.15) is 11.0 Å². The topological polar surface area (TPSA) is 111 Å². The summed E-state index contributed by atoms with van der Waals surface area (Å²) >= 11 is 6.11. The van der Waals surface area contributed by atoms with Crippen LogP contribution in [0.5, 0.6) is 0 Å². The zero-order valence-corrected chi connectivity index (χ0v) is 20.2. The summed E-state index contributed by atoms with van der Waals surface area (Å²) in [7, 11) is 0. The zero-order chi connectivity index (χ0) is 24.4. The number of ether oxygens (including phenoxy) is 1. The number of hydrogen-bond acceptors (Lipinski definition) is 7. The molecule has 3 aromatic rings. The molecule has 0 aromatic carbocycles. The smallest absolute Gasteiger partial charge is 0.310 e. The number of amides is 1. The summed E-state index contributed by atoms with van der Waals surface area (Å²) in [4.78, 5) is 40.7. The van der Waals surface area contributed by atoms with Crippen molar-refractivity contribution in [1.29, 1.82) is 0 Å². The second-order valence-electron chi connectivity index (χ2n) is 9.40. The van der Waals surface area contributed by atoms with Gasteiger partial charge in [0.05, 0.1) is 11.6 Å². The van der Waals surface area contributed by atoms with Crippen LogP contribution in [0.25, 0.3) is 22.0 Å². The normalized spacial score (nSPS) is 18.4. The number of primary amides is 1. The Balaban J connectivity index is 1.35. The first-order valence-corrected chi connectivity index (χ1v) is 12.5. The number of anilines is 1. The van der Waals surface area contributed by atoms with Crippen molar-refractivity contribution in [3.05, 3.63) is 48.0 Å². The number of hydrogen-bond donors (Lipinski definition) is 1. The third-order valence-corrected chi connectivity index (χ3v) is 7.37. The summed E-state index contributed by atoms with van der Waals surface area (Å²) in [6, 6.07) is 7.62. The molecule has 4 heterocycles. The number of fused-ring (bicyclic) bond motifs is 1. The summed E-state index contributed by atoms with van der Waals surface area (Å²) in [5, 5.41) is 2.38. The third-order valence-electron chi connectivity index (χ3n) is 7.17. The molecule has 1 amide bonds. The first-order valence-electron chi connectivity index (χ1n) is 12.1. The number of piperidine rings is 1. The van der Waals surface area contributed by atoms with E-state index in [0.29, 0.717) is 43.9 Å². The zero-order valence-electron chi connectivity index (χ0n) is 19.5. The molecule has 2 aliphatic rings. The van der Waals surface area contributed by atoms with Gasteiger partial charge in [-0.25, -0.2) is 9.97 Å². The van der Waals surface area contributed by atoms with Gasteiger partial charge >= 0.3 is 5.97 Å². The van der Waals surface area contributed by atoms with E-state index < -0.39 is 11.5 Å². The van der Waals surface area contributed by atoms with Gasteiger partial charge in [0.15, 0.2) is 5.60 Å². The number of carbonyl (C=O) groups excluding carboxylic acids is 2. The SMILES string of the molecule is NC(=O)C1(OC(=O)C2CCN(c3nc(-c4ccnc(Cl)c4)cc4cnccc34)CC2)CCCCC1. The van der Waals surface area contributed by atoms with E-state index in [1.807, 2.05) is 24.4 Å². The van der Waals surface area contributed by atoms with Crippen LogP contribution in [0.15, 0.2) is 42.9 Å². The van der Waals surface area contributed by atoms with Crippen LogP contribution in [0.2, 0.25) is 5.15 Å². The molecule has 1 saturated heterocycles. The minimum Gasteiger partial charge on any atom is -0.449 e. The minimum absolute atomic E-state index is 0.264. The Morgan fingerprint density at radius 1 is 1.09 bits per heavy atom. The average molecular weight is 494 g/mol. The van der Waals surface area contributed by atoms with E-state index in [9.17, 15) is 9.59 Å². The van der Waals surface area contributed by atoms with Crippen molar-refractivity contribution in [3.63, 3.8) is 0 Å². The van der Waals surface area contributed by atoms with Gasteiger partial charge in [0.2, 0.25) is 0 Å². The molecule has 182 valence electrons. The lowest BCUT2D eigenvalue weighted by molar-refractivity contribution is -0.175. The molecule has 0 radical (unpaired) electrons. The Morgan fingerprint density at radius 3 is 2.57 bits per heavy atom. The quantitative estimate of drug-likeness (QED) is 0.416. The van der Waals surface area contributed by atoms with Crippen LogP contribution in [0.4, 0.5) is 5.82 Å². The molecule has 0 atom stereocenters. The van der Waals surface area contributed by atoms with Crippen molar-refractivity contribution in [2.24, 2.45) is 11.7 Å². The van der Waals surface area contributed by atoms with Crippen LogP contribution >= 0.6 is 11.6 Å². The maximum atomic E-state index is 13.0. The van der Waals surface area contributed by atoms with E-state index in [2.05, 4.69) is 14.9 Å². The molecule has 2 fully saturated rings. The van der Waals surface area contributed by atoms with Crippen molar-refractivity contribution in [2.45, 2.75) is 50.5 Å². The number of nitrogens with zero attached hydrogens (tertiary/aromatic N) is 4. The fraction of sp³-hybridized carbons (Fsp3) is 0.423. The highest BCUT2D eigenvalue weighted by Gasteiger charge is 2.43. The van der Waals surface area contributed by atoms with Crippen molar-refractivity contribution in [3.8, 4) is 11.3 Å². The van der Waals surface area contributed by atoms with Crippen molar-refractivity contribution >= 4 is 40.1 Å². The third kappa shape index (κ3) is 4.80. The molecule has 35 heavy (non-hydrogen) atoms. The Labute approximate surface area is 208 Å². The highest BCUT2D eigenvalue weighted by molar-refractivity contribution is 6.29. The summed E-state index contributed by atoms with van der Waals surface area (Å²) in [6.45, 7) is 1.29. The number of esters is 1. The second kappa shape index (κ2) is 9.77. The van der Waals surface area contributed by atoms with E-state index in [1.165, 1.54) is 0 Å². The molecule has 2 N–H and O–H groups in total. The number of halogens is 1. The van der Waals surface area contributed by atoms with Crippen molar-refractivity contribution in [1.82, 2.24) is 15.0 Å². The van der Waals surface area contributed by atoms with Gasteiger partial charge in [-0.05, 0) is 62.8 Å². The standard InChI is InChI=1S/C26H28ClN5O3/c27-22-15-18(4-11-30-22)21-14-19-16-29-10-5-20(19)23(31-21)32-12-6-17(7-13-32)24(33)35-26(25(28)34)8-2-1-3-9-26/h4-5,10-11,14-17H,1-3,6-9,12-13H2,(H2,28,34). The highest BCUT2D eigenvalue weighted by Crippen LogP contribution is 2.35. The fourth-order valence-electron chi connectivity index (χ4n) is 5.15. The summed E-state index contributed by atoms with van der Waals surface area (Å²) < 4.78 is 5.80. The van der Waals surface area contributed by atoms with Crippen molar-refractivity contribution in [2.75, 3.05) is 18.0 Å². The molecule has 3 aromatic heterocycles. The van der Waals surface area contributed by atoms with Gasteiger partial charge in [-0.15, -0.1) is 0 Å². The minimum atomic E-state index is -1.14. The summed E-state index contributed by atoms with van der Waals surface area (Å²) in [5.74, 6) is -0.257. The van der Waals surface area contributed by atoms with Crippen LogP contribution in [-0.2, 0) is 14.3 Å². The van der Waals surface area contributed by atoms with Gasteiger partial charge in [0.25, 0.3) is 5.91 Å². The molecule has 0 bridgehead atoms. The maximum Gasteiger partial charge on any atom is 0.310 e. The van der Waals surface area contributed by atoms with Crippen LogP contribution < -0.4 is 10.6 Å². The number of nitrogens with two attached hydrogens (primary N) is 1. The van der Waals surface area contributed by atoms with E-state index in [0.717, 1.165) is 47.1 Å². The number of rotatable bonds is 5. The van der Waals surface area contributed by atoms with E-state index in [-0.39, 0.29) is 11.9 Å². The number of pyridine rings is 3. The molecule has 0 unspecified atom stereocenters. The predicted molar refractivity (Wildman–Crippen MR) is 134 cm³/mol. The Bertz CT molecular complexity index is 1250. The molecular weight excluding hydrogens is 466 g/mol. The van der Waals surface area contributed by atoms with Gasteiger partial charge < -0.3 is 15.4 Å². The summed E-state index contributed by atoms with van der Waals surface area (Å²) in [5.41, 5.74) is 6.17. The molecule has 9 heteroatoms. The Kier molecular flexibility index (Phi) is 6.56. The van der Waals surface area contributed by atoms with Gasteiger partial charge in [-0.2, -0.15) is 0 Å². The van der Waals surface area contributed by atoms with Gasteiger partial charge in [-0.1, -0.05) is 18.0 Å². The lowest BCUT2D eigenvalue weighted by Gasteiger charge is -2.37. The fourth-order valence-corrected chi connectivity index (χ4v) is 5.33. The Hall–Kier alpha value is -3.26. The van der Waals surface area contributed by atoms with E-state index in [4.69, 9.17) is 27.1 Å². The molecule has 1 aliphatic heterocycles. The lowest BCUT2D eigenvalue weighted by atomic mass is 9.83. The molecule has 8 nitrogen and oxygen atoms in total. The number of aromatic nitrogens is 3. The molecule has 5 rings (SSSR count). The van der Waals surface area contributed by atoms with Gasteiger partial charge in [0, 0.05) is 48.0 Å². The first-order chi connectivity index (χ1) is 16.9. The Morgan fingerprint density at radius 2 is 1.86 bits per heavy atom. The molecular formula is C26H28ClN5O3. The largest absolute Gasteiger partial charge is 0.449 e. The van der Waals surface area contributed by atoms with Crippen molar-refractivity contribution < 1.29 is 14.3 Å². The van der Waals surface area contributed by atoms with E-state index in [1.54, 1.807) is 18.5 Å². The maximum absolute atomic E-state index is 13.0. The first kappa shape index (κ1) is 23.5. The molecule has 0 spiro atoms. The predicted octanol–water partition coefficient (Wildman–Crippen LogP) is 4.29. The lowest BCUT2D eigenvalue weighted by Crippen LogP contribution is -2.50. The van der Waals surface area contributed by atoms with Gasteiger partial charge in [-0.3, -0.25) is 14.6 Å². The number of carbonyl (C=O) groups is 2. The molecule has 1 aliphatic carbocycles. The highest BCUT2D eigenvalue weighted by atomic mass is 35.5. The second-order valence-corrected chi connectivity index (χ2v) is 9.78. The molecule has 1 saturated carbocycles. The van der Waals surface area contributed by atoms with Crippen LogP contribution in [0.1, 0.15) is 44.9 Å². The van der Waals surface area contributed by atoms with Crippen LogP contribution in [0, 0.1) is 5.92 Å². The average Bonchev–Trinajstić information content (AvgIpc) is 2.88. The van der Waals surface area contributed by atoms with Crippen LogP contribution in [0.3, 0.4) is 0 Å². The van der Waals surface area contributed by atoms with E-state index >= 15 is 0 Å².